The molecular formula is C17H16F3NO. The maximum atomic E-state index is 12.9. The van der Waals surface area contributed by atoms with Gasteiger partial charge in [-0.3, -0.25) is 4.79 Å². The molecule has 0 atom stereocenters. The molecule has 0 heterocycles. The highest BCUT2D eigenvalue weighted by Crippen LogP contribution is 2.35. The van der Waals surface area contributed by atoms with E-state index in [4.69, 9.17) is 0 Å². The Morgan fingerprint density at radius 3 is 2.45 bits per heavy atom. The highest BCUT2D eigenvalue weighted by Gasteiger charge is 2.30. The average Bonchev–Trinajstić information content (AvgIpc) is 2.52. The maximum absolute atomic E-state index is 12.9. The van der Waals surface area contributed by atoms with Crippen molar-refractivity contribution in [2.24, 2.45) is 0 Å². The first-order valence-corrected chi connectivity index (χ1v) is 6.84. The van der Waals surface area contributed by atoms with Crippen LogP contribution in [0.5, 0.6) is 0 Å². The molecule has 0 N–H and O–H groups in total. The van der Waals surface area contributed by atoms with E-state index < -0.39 is 11.7 Å². The van der Waals surface area contributed by atoms with Gasteiger partial charge in [0.2, 0.25) is 0 Å². The van der Waals surface area contributed by atoms with Gasteiger partial charge >= 0.3 is 6.18 Å². The van der Waals surface area contributed by atoms with E-state index in [1.165, 1.54) is 6.07 Å². The lowest BCUT2D eigenvalue weighted by atomic mass is 9.98. The quantitative estimate of drug-likeness (QED) is 0.767. The summed E-state index contributed by atoms with van der Waals surface area (Å²) < 4.78 is 38.7. The van der Waals surface area contributed by atoms with Gasteiger partial charge < -0.3 is 4.90 Å². The molecule has 0 bridgehead atoms. The van der Waals surface area contributed by atoms with Crippen molar-refractivity contribution >= 4 is 12.0 Å². The Balaban J connectivity index is 2.62. The van der Waals surface area contributed by atoms with Crippen LogP contribution in [0.3, 0.4) is 0 Å². The molecule has 2 aromatic rings. The number of hydrogen-bond donors (Lipinski definition) is 0. The average molecular weight is 307 g/mol. The highest BCUT2D eigenvalue weighted by atomic mass is 19.4. The Kier molecular flexibility index (Phi) is 4.54. The number of halogens is 3. The van der Waals surface area contributed by atoms with Crippen LogP contribution in [-0.4, -0.2) is 19.9 Å². The molecule has 0 spiro atoms. The third-order valence-corrected chi connectivity index (χ3v) is 3.54. The molecule has 0 aliphatic rings. The van der Waals surface area contributed by atoms with Crippen LogP contribution >= 0.6 is 0 Å². The van der Waals surface area contributed by atoms with Gasteiger partial charge in [-0.15, -0.1) is 0 Å². The molecule has 2 nitrogen and oxygen atoms in total. The number of carbonyl (C=O) groups excluding carboxylic acids is 1. The van der Waals surface area contributed by atoms with Gasteiger partial charge in [-0.2, -0.15) is 13.2 Å². The molecule has 0 aliphatic carbocycles. The van der Waals surface area contributed by atoms with Gasteiger partial charge in [-0.25, -0.2) is 0 Å². The Morgan fingerprint density at radius 2 is 1.86 bits per heavy atom. The van der Waals surface area contributed by atoms with E-state index in [9.17, 15) is 18.0 Å². The molecule has 0 amide bonds. The number of benzene rings is 2. The molecule has 22 heavy (non-hydrogen) atoms. The van der Waals surface area contributed by atoms with Crippen molar-refractivity contribution < 1.29 is 18.0 Å². The number of rotatable bonds is 4. The molecule has 0 aromatic heterocycles. The van der Waals surface area contributed by atoms with E-state index in [1.807, 2.05) is 18.9 Å². The lowest BCUT2D eigenvalue weighted by molar-refractivity contribution is -0.137. The SMILES string of the molecule is CCN(C)c1ccc(C=O)cc1-c1cccc(C(F)(F)F)c1. The van der Waals surface area contributed by atoms with Gasteiger partial charge in [0.25, 0.3) is 0 Å². The molecule has 0 saturated carbocycles. The second kappa shape index (κ2) is 6.22. The number of carbonyl (C=O) groups is 1. The van der Waals surface area contributed by atoms with Crippen molar-refractivity contribution in [3.05, 3.63) is 53.6 Å². The summed E-state index contributed by atoms with van der Waals surface area (Å²) in [7, 11) is 1.85. The fraction of sp³-hybridized carbons (Fsp3) is 0.235. The fourth-order valence-corrected chi connectivity index (χ4v) is 2.22. The Hall–Kier alpha value is -2.30. The van der Waals surface area contributed by atoms with Gasteiger partial charge in [0.05, 0.1) is 5.56 Å². The van der Waals surface area contributed by atoms with Gasteiger partial charge in [-0.1, -0.05) is 12.1 Å². The molecule has 0 saturated heterocycles. The zero-order valence-corrected chi connectivity index (χ0v) is 12.3. The van der Waals surface area contributed by atoms with Gasteiger partial charge in [0, 0.05) is 30.4 Å². The van der Waals surface area contributed by atoms with E-state index in [0.29, 0.717) is 29.5 Å². The number of alkyl halides is 3. The minimum atomic E-state index is -4.39. The molecule has 0 aliphatic heterocycles. The summed E-state index contributed by atoms with van der Waals surface area (Å²) in [6.07, 6.45) is -3.71. The van der Waals surface area contributed by atoms with Crippen LogP contribution in [0.15, 0.2) is 42.5 Å². The molecule has 0 radical (unpaired) electrons. The van der Waals surface area contributed by atoms with Crippen LogP contribution in [0.1, 0.15) is 22.8 Å². The third kappa shape index (κ3) is 3.30. The topological polar surface area (TPSA) is 20.3 Å². The summed E-state index contributed by atoms with van der Waals surface area (Å²) in [6.45, 7) is 2.65. The molecule has 116 valence electrons. The van der Waals surface area contributed by atoms with Crippen molar-refractivity contribution in [3.8, 4) is 11.1 Å². The van der Waals surface area contributed by atoms with E-state index in [2.05, 4.69) is 0 Å². The van der Waals surface area contributed by atoms with Crippen molar-refractivity contribution in [3.63, 3.8) is 0 Å². The van der Waals surface area contributed by atoms with Crippen LogP contribution in [0.4, 0.5) is 18.9 Å². The first kappa shape index (κ1) is 16.1. The first-order valence-electron chi connectivity index (χ1n) is 6.84. The van der Waals surface area contributed by atoms with E-state index in [0.717, 1.165) is 17.8 Å². The fourth-order valence-electron chi connectivity index (χ4n) is 2.22. The van der Waals surface area contributed by atoms with Gasteiger partial charge in [0.1, 0.15) is 6.29 Å². The second-order valence-electron chi connectivity index (χ2n) is 4.99. The normalized spacial score (nSPS) is 11.3. The summed E-state index contributed by atoms with van der Waals surface area (Å²) in [4.78, 5) is 12.9. The largest absolute Gasteiger partial charge is 0.416 e. The highest BCUT2D eigenvalue weighted by molar-refractivity contribution is 5.85. The van der Waals surface area contributed by atoms with E-state index in [1.54, 1.807) is 24.3 Å². The van der Waals surface area contributed by atoms with E-state index in [-0.39, 0.29) is 0 Å². The summed E-state index contributed by atoms with van der Waals surface area (Å²) in [5, 5.41) is 0. The van der Waals surface area contributed by atoms with Crippen molar-refractivity contribution in [2.45, 2.75) is 13.1 Å². The van der Waals surface area contributed by atoms with Crippen LogP contribution < -0.4 is 4.90 Å². The Bertz CT molecular complexity index is 680. The molecule has 2 rings (SSSR count). The van der Waals surface area contributed by atoms with Crippen LogP contribution in [0, 0.1) is 0 Å². The van der Waals surface area contributed by atoms with E-state index >= 15 is 0 Å². The second-order valence-corrected chi connectivity index (χ2v) is 4.99. The van der Waals surface area contributed by atoms with Gasteiger partial charge in [0.15, 0.2) is 0 Å². The Morgan fingerprint density at radius 1 is 1.14 bits per heavy atom. The van der Waals surface area contributed by atoms with Crippen LogP contribution in [0.25, 0.3) is 11.1 Å². The van der Waals surface area contributed by atoms with Crippen LogP contribution in [0.2, 0.25) is 0 Å². The predicted octanol–water partition coefficient (Wildman–Crippen LogP) is 4.64. The zero-order valence-electron chi connectivity index (χ0n) is 12.3. The molecule has 5 heteroatoms. The molecular weight excluding hydrogens is 291 g/mol. The smallest absolute Gasteiger partial charge is 0.374 e. The number of hydrogen-bond acceptors (Lipinski definition) is 2. The van der Waals surface area contributed by atoms with Gasteiger partial charge in [-0.05, 0) is 42.8 Å². The lowest BCUT2D eigenvalue weighted by Crippen LogP contribution is -2.16. The third-order valence-electron chi connectivity index (χ3n) is 3.54. The maximum Gasteiger partial charge on any atom is 0.416 e. The number of nitrogens with zero attached hydrogens (tertiary/aromatic N) is 1. The van der Waals surface area contributed by atoms with Crippen molar-refractivity contribution in [2.75, 3.05) is 18.5 Å². The van der Waals surface area contributed by atoms with Crippen molar-refractivity contribution in [1.82, 2.24) is 0 Å². The van der Waals surface area contributed by atoms with Crippen molar-refractivity contribution in [1.29, 1.82) is 0 Å². The summed E-state index contributed by atoms with van der Waals surface area (Å²) >= 11 is 0. The molecule has 0 fully saturated rings. The summed E-state index contributed by atoms with van der Waals surface area (Å²) in [6, 6.07) is 10.2. The first-order chi connectivity index (χ1) is 10.4. The number of aldehydes is 1. The summed E-state index contributed by atoms with van der Waals surface area (Å²) in [5.41, 5.74) is 1.56. The number of anilines is 1. The standard InChI is InChI=1S/C17H16F3NO/c1-3-21(2)16-8-7-12(11-22)9-15(16)13-5-4-6-14(10-13)17(18,19)20/h4-11H,3H2,1-2H3. The predicted molar refractivity (Wildman–Crippen MR) is 81.2 cm³/mol. The lowest BCUT2D eigenvalue weighted by Gasteiger charge is -2.21. The summed E-state index contributed by atoms with van der Waals surface area (Å²) in [5.74, 6) is 0. The zero-order chi connectivity index (χ0) is 16.3. The molecule has 0 unspecified atom stereocenters. The minimum Gasteiger partial charge on any atom is -0.374 e. The Labute approximate surface area is 127 Å². The van der Waals surface area contributed by atoms with Crippen LogP contribution in [-0.2, 0) is 6.18 Å². The minimum absolute atomic E-state index is 0.431. The monoisotopic (exact) mass is 307 g/mol. The molecule has 2 aromatic carbocycles.